The van der Waals surface area contributed by atoms with Crippen molar-refractivity contribution in [2.45, 2.75) is 72.0 Å². The van der Waals surface area contributed by atoms with Crippen LogP contribution in [0, 0.1) is 5.92 Å². The van der Waals surface area contributed by atoms with Crippen molar-refractivity contribution in [3.8, 4) is 0 Å². The molecule has 1 saturated heterocycles. The Morgan fingerprint density at radius 1 is 1.26 bits per heavy atom. The Morgan fingerprint density at radius 3 is 2.58 bits per heavy atom. The molecule has 0 aliphatic carbocycles. The van der Waals surface area contributed by atoms with Gasteiger partial charge in [-0.3, -0.25) is 4.90 Å². The fraction of sp³-hybridized carbons (Fsp3) is 1.00. The van der Waals surface area contributed by atoms with Crippen LogP contribution in [0.4, 0.5) is 0 Å². The Kier molecular flexibility index (Phi) is 8.43. The van der Waals surface area contributed by atoms with E-state index < -0.39 is 0 Å². The summed E-state index contributed by atoms with van der Waals surface area (Å²) < 4.78 is 0. The molecule has 114 valence electrons. The molecule has 0 amide bonds. The third-order valence-corrected chi connectivity index (χ3v) is 5.15. The first-order chi connectivity index (χ1) is 9.08. The average molecular weight is 287 g/mol. The largest absolute Gasteiger partial charge is 0.311 e. The lowest BCUT2D eigenvalue weighted by atomic mass is 9.97. The van der Waals surface area contributed by atoms with Gasteiger partial charge in [-0.2, -0.15) is 11.8 Å². The molecule has 1 aliphatic heterocycles. The molecule has 1 N–H and O–H groups in total. The van der Waals surface area contributed by atoms with Crippen molar-refractivity contribution in [1.29, 1.82) is 0 Å². The minimum atomic E-state index is 0.698. The molecule has 1 rings (SSSR count). The summed E-state index contributed by atoms with van der Waals surface area (Å²) in [7, 11) is 0. The van der Waals surface area contributed by atoms with Gasteiger partial charge in [0.1, 0.15) is 0 Å². The van der Waals surface area contributed by atoms with Gasteiger partial charge in [0.2, 0.25) is 0 Å². The average Bonchev–Trinajstić information content (AvgIpc) is 2.38. The lowest BCUT2D eigenvalue weighted by molar-refractivity contribution is 0.0792. The summed E-state index contributed by atoms with van der Waals surface area (Å²) in [5, 5.41) is 3.76. The van der Waals surface area contributed by atoms with Crippen molar-refractivity contribution in [3.63, 3.8) is 0 Å². The van der Waals surface area contributed by atoms with Crippen molar-refractivity contribution >= 4 is 11.8 Å². The predicted octanol–water partition coefficient (Wildman–Crippen LogP) is 3.62. The highest BCUT2D eigenvalue weighted by atomic mass is 32.2. The Labute approximate surface area is 125 Å². The van der Waals surface area contributed by atoms with E-state index in [1.54, 1.807) is 0 Å². The molecular weight excluding hydrogens is 252 g/mol. The van der Waals surface area contributed by atoms with Gasteiger partial charge in [0.15, 0.2) is 0 Å². The van der Waals surface area contributed by atoms with E-state index >= 15 is 0 Å². The number of hydrogen-bond acceptors (Lipinski definition) is 3. The van der Waals surface area contributed by atoms with Gasteiger partial charge in [-0.1, -0.05) is 27.7 Å². The van der Waals surface area contributed by atoms with Crippen molar-refractivity contribution in [1.82, 2.24) is 10.2 Å². The van der Waals surface area contributed by atoms with E-state index in [2.05, 4.69) is 56.6 Å². The lowest BCUT2D eigenvalue weighted by Gasteiger charge is -2.44. The molecule has 1 aliphatic rings. The molecule has 1 fully saturated rings. The second-order valence-electron chi connectivity index (χ2n) is 6.33. The van der Waals surface area contributed by atoms with Gasteiger partial charge < -0.3 is 5.32 Å². The second-order valence-corrected chi connectivity index (χ2v) is 7.72. The van der Waals surface area contributed by atoms with E-state index in [4.69, 9.17) is 0 Å². The summed E-state index contributed by atoms with van der Waals surface area (Å²) in [6, 6.07) is 2.18. The predicted molar refractivity (Wildman–Crippen MR) is 89.1 cm³/mol. The number of thioether (sulfide) groups is 1. The quantitative estimate of drug-likeness (QED) is 0.686. The monoisotopic (exact) mass is 286 g/mol. The minimum absolute atomic E-state index is 0.698. The van der Waals surface area contributed by atoms with Crippen molar-refractivity contribution < 1.29 is 0 Å². The van der Waals surface area contributed by atoms with Crippen LogP contribution in [-0.2, 0) is 0 Å². The maximum atomic E-state index is 3.76. The van der Waals surface area contributed by atoms with Gasteiger partial charge in [0.05, 0.1) is 0 Å². The van der Waals surface area contributed by atoms with Gasteiger partial charge in [-0.05, 0) is 43.6 Å². The van der Waals surface area contributed by atoms with Gasteiger partial charge in [-0.15, -0.1) is 0 Å². The Morgan fingerprint density at radius 2 is 2.00 bits per heavy atom. The molecule has 3 heteroatoms. The summed E-state index contributed by atoms with van der Waals surface area (Å²) in [5.41, 5.74) is 0. The van der Waals surface area contributed by atoms with E-state index in [-0.39, 0.29) is 0 Å². The fourth-order valence-electron chi connectivity index (χ4n) is 3.10. The van der Waals surface area contributed by atoms with Crippen molar-refractivity contribution in [2.75, 3.05) is 24.6 Å². The van der Waals surface area contributed by atoms with Gasteiger partial charge >= 0.3 is 0 Å². The number of nitrogens with one attached hydrogen (secondary N) is 1. The molecule has 0 aromatic rings. The topological polar surface area (TPSA) is 15.3 Å². The molecule has 0 spiro atoms. The zero-order valence-corrected chi connectivity index (χ0v) is 14.4. The van der Waals surface area contributed by atoms with Gasteiger partial charge in [0.25, 0.3) is 0 Å². The zero-order valence-electron chi connectivity index (χ0n) is 13.6. The molecule has 0 radical (unpaired) electrons. The maximum Gasteiger partial charge on any atom is 0.0221 e. The Hall–Kier alpha value is 0.270. The van der Waals surface area contributed by atoms with Crippen LogP contribution in [0.25, 0.3) is 0 Å². The van der Waals surface area contributed by atoms with Crippen LogP contribution in [0.15, 0.2) is 0 Å². The van der Waals surface area contributed by atoms with Crippen LogP contribution in [0.2, 0.25) is 0 Å². The number of piperazine rings is 1. The SMILES string of the molecule is CCSCCC(C)N1CC(CC(C)C)NCC1CC. The Balaban J connectivity index is 2.48. The van der Waals surface area contributed by atoms with E-state index in [1.807, 2.05) is 0 Å². The van der Waals surface area contributed by atoms with E-state index in [0.29, 0.717) is 6.04 Å². The molecule has 1 heterocycles. The van der Waals surface area contributed by atoms with Crippen molar-refractivity contribution in [3.05, 3.63) is 0 Å². The van der Waals surface area contributed by atoms with Crippen LogP contribution in [0.5, 0.6) is 0 Å². The van der Waals surface area contributed by atoms with Crippen LogP contribution in [0.1, 0.15) is 53.9 Å². The number of hydrogen-bond donors (Lipinski definition) is 1. The lowest BCUT2D eigenvalue weighted by Crippen LogP contribution is -2.59. The second kappa shape index (κ2) is 9.25. The van der Waals surface area contributed by atoms with E-state index in [1.165, 1.54) is 43.9 Å². The summed E-state index contributed by atoms with van der Waals surface area (Å²) in [6.07, 6.45) is 3.92. The smallest absolute Gasteiger partial charge is 0.0221 e. The standard InChI is InChI=1S/C16H34N2S/c1-6-16-11-17-15(10-13(3)4)12-18(16)14(5)8-9-19-7-2/h13-17H,6-12H2,1-5H3. The number of rotatable bonds is 8. The summed E-state index contributed by atoms with van der Waals surface area (Å²) in [4.78, 5) is 2.78. The summed E-state index contributed by atoms with van der Waals surface area (Å²) >= 11 is 2.08. The molecular formula is C16H34N2S. The van der Waals surface area contributed by atoms with E-state index in [0.717, 1.165) is 18.0 Å². The molecule has 0 bridgehead atoms. The maximum absolute atomic E-state index is 3.76. The molecule has 2 nitrogen and oxygen atoms in total. The summed E-state index contributed by atoms with van der Waals surface area (Å²) in [6.45, 7) is 14.1. The summed E-state index contributed by atoms with van der Waals surface area (Å²) in [5.74, 6) is 3.36. The molecule has 0 saturated carbocycles. The molecule has 0 aromatic carbocycles. The van der Waals surface area contributed by atoms with Gasteiger partial charge in [-0.25, -0.2) is 0 Å². The highest BCUT2D eigenvalue weighted by Gasteiger charge is 2.29. The molecule has 3 atom stereocenters. The normalized spacial score (nSPS) is 26.8. The van der Waals surface area contributed by atoms with Crippen LogP contribution in [-0.4, -0.2) is 47.6 Å². The highest BCUT2D eigenvalue weighted by Crippen LogP contribution is 2.20. The third kappa shape index (κ3) is 6.05. The Bertz CT molecular complexity index is 233. The van der Waals surface area contributed by atoms with Crippen LogP contribution in [0.3, 0.4) is 0 Å². The highest BCUT2D eigenvalue weighted by molar-refractivity contribution is 7.99. The van der Waals surface area contributed by atoms with E-state index in [9.17, 15) is 0 Å². The minimum Gasteiger partial charge on any atom is -0.311 e. The zero-order chi connectivity index (χ0) is 14.3. The first-order valence-electron chi connectivity index (χ1n) is 8.15. The molecule has 3 unspecified atom stereocenters. The number of nitrogens with zero attached hydrogens (tertiary/aromatic N) is 1. The van der Waals surface area contributed by atoms with Gasteiger partial charge in [0, 0.05) is 31.2 Å². The van der Waals surface area contributed by atoms with Crippen LogP contribution < -0.4 is 5.32 Å². The fourth-order valence-corrected chi connectivity index (χ4v) is 3.89. The van der Waals surface area contributed by atoms with Crippen LogP contribution >= 0.6 is 11.8 Å². The molecule has 19 heavy (non-hydrogen) atoms. The van der Waals surface area contributed by atoms with Crippen molar-refractivity contribution in [2.24, 2.45) is 5.92 Å². The molecule has 0 aromatic heterocycles. The first-order valence-corrected chi connectivity index (χ1v) is 9.30. The first kappa shape index (κ1) is 17.3. The third-order valence-electron chi connectivity index (χ3n) is 4.22.